The lowest BCUT2D eigenvalue weighted by Crippen LogP contribution is -2.40. The fourth-order valence-corrected chi connectivity index (χ4v) is 2.12. The van der Waals surface area contributed by atoms with Crippen LogP contribution in [0.5, 0.6) is 0 Å². The first kappa shape index (κ1) is 15.3. The number of ether oxygens (including phenoxy) is 1. The summed E-state index contributed by atoms with van der Waals surface area (Å²) in [4.78, 5) is 26.9. The van der Waals surface area contributed by atoms with Crippen LogP contribution in [-0.2, 0) is 9.53 Å². The minimum absolute atomic E-state index is 0.0704. The summed E-state index contributed by atoms with van der Waals surface area (Å²) in [5.41, 5.74) is -0.477. The molecule has 1 saturated heterocycles. The Kier molecular flexibility index (Phi) is 5.44. The number of carbonyl (C=O) groups is 2. The molecule has 5 nitrogen and oxygen atoms in total. The maximum absolute atomic E-state index is 11.9. The summed E-state index contributed by atoms with van der Waals surface area (Å²) in [6.45, 7) is 8.00. The van der Waals surface area contributed by atoms with E-state index in [2.05, 4.69) is 15.9 Å². The monoisotopic (exact) mass is 320 g/mol. The van der Waals surface area contributed by atoms with Gasteiger partial charge in [-0.1, -0.05) is 15.9 Å². The number of amides is 2. The van der Waals surface area contributed by atoms with Crippen molar-refractivity contribution < 1.29 is 14.3 Å². The second-order valence-electron chi connectivity index (χ2n) is 5.34. The van der Waals surface area contributed by atoms with E-state index < -0.39 is 5.60 Å². The van der Waals surface area contributed by atoms with E-state index in [0.717, 1.165) is 6.42 Å². The zero-order valence-electron chi connectivity index (χ0n) is 11.2. The summed E-state index contributed by atoms with van der Waals surface area (Å²) in [7, 11) is 0. The molecular formula is C12H21BrN2O3. The van der Waals surface area contributed by atoms with Gasteiger partial charge in [0.2, 0.25) is 5.91 Å². The minimum atomic E-state index is -0.477. The summed E-state index contributed by atoms with van der Waals surface area (Å²) in [6.07, 6.45) is 0.494. The predicted octanol–water partition coefficient (Wildman–Crippen LogP) is 1.85. The molecule has 0 saturated carbocycles. The van der Waals surface area contributed by atoms with Gasteiger partial charge in [-0.25, -0.2) is 4.79 Å². The number of nitrogens with zero attached hydrogens (tertiary/aromatic N) is 2. The third-order valence-electron chi connectivity index (χ3n) is 2.61. The van der Waals surface area contributed by atoms with Gasteiger partial charge in [-0.15, -0.1) is 0 Å². The third-order valence-corrected chi connectivity index (χ3v) is 3.09. The first-order valence-corrected chi connectivity index (χ1v) is 7.27. The Balaban J connectivity index is 2.51. The number of hydrogen-bond acceptors (Lipinski definition) is 3. The van der Waals surface area contributed by atoms with Crippen molar-refractivity contribution in [3.8, 4) is 0 Å². The molecule has 0 unspecified atom stereocenters. The van der Waals surface area contributed by atoms with Crippen LogP contribution in [0.1, 0.15) is 27.2 Å². The Morgan fingerprint density at radius 1 is 1.11 bits per heavy atom. The first-order valence-electron chi connectivity index (χ1n) is 6.15. The van der Waals surface area contributed by atoms with E-state index in [0.29, 0.717) is 31.5 Å². The molecule has 6 heteroatoms. The molecule has 0 aromatic carbocycles. The van der Waals surface area contributed by atoms with Crippen LogP contribution in [0.4, 0.5) is 4.79 Å². The largest absolute Gasteiger partial charge is 0.444 e. The first-order chi connectivity index (χ1) is 8.33. The summed E-state index contributed by atoms with van der Waals surface area (Å²) in [5, 5.41) is 0.333. The van der Waals surface area contributed by atoms with Crippen molar-refractivity contribution in [1.82, 2.24) is 9.80 Å². The van der Waals surface area contributed by atoms with Gasteiger partial charge in [0.15, 0.2) is 0 Å². The number of hydrogen-bond donors (Lipinski definition) is 0. The van der Waals surface area contributed by atoms with E-state index in [1.165, 1.54) is 0 Å². The molecule has 0 aliphatic carbocycles. The van der Waals surface area contributed by atoms with Crippen molar-refractivity contribution >= 4 is 27.9 Å². The molecule has 0 aromatic heterocycles. The quantitative estimate of drug-likeness (QED) is 0.693. The average molecular weight is 321 g/mol. The molecule has 1 aliphatic heterocycles. The zero-order valence-corrected chi connectivity index (χ0v) is 12.8. The van der Waals surface area contributed by atoms with E-state index in [9.17, 15) is 9.59 Å². The highest BCUT2D eigenvalue weighted by Crippen LogP contribution is 2.12. The van der Waals surface area contributed by atoms with Gasteiger partial charge < -0.3 is 14.5 Å². The molecule has 1 fully saturated rings. The normalized spacial score (nSPS) is 17.3. The minimum Gasteiger partial charge on any atom is -0.444 e. The van der Waals surface area contributed by atoms with Gasteiger partial charge in [-0.3, -0.25) is 4.79 Å². The van der Waals surface area contributed by atoms with Crippen molar-refractivity contribution in [3.05, 3.63) is 0 Å². The SMILES string of the molecule is CC(C)(C)OC(=O)N1CCCN(C(=O)CBr)CC1. The standard InChI is InChI=1S/C12H21BrN2O3/c1-12(2,3)18-11(17)15-6-4-5-14(7-8-15)10(16)9-13/h4-9H2,1-3H3. The average Bonchev–Trinajstić information content (AvgIpc) is 2.51. The highest BCUT2D eigenvalue weighted by molar-refractivity contribution is 9.09. The van der Waals surface area contributed by atoms with Crippen molar-refractivity contribution in [1.29, 1.82) is 0 Å². The van der Waals surface area contributed by atoms with Gasteiger partial charge in [-0.05, 0) is 27.2 Å². The van der Waals surface area contributed by atoms with Gasteiger partial charge in [0.1, 0.15) is 5.60 Å². The smallest absolute Gasteiger partial charge is 0.410 e. The lowest BCUT2D eigenvalue weighted by Gasteiger charge is -2.26. The van der Waals surface area contributed by atoms with E-state index in [1.54, 1.807) is 9.80 Å². The molecule has 0 atom stereocenters. The second-order valence-corrected chi connectivity index (χ2v) is 5.90. The maximum Gasteiger partial charge on any atom is 0.410 e. The lowest BCUT2D eigenvalue weighted by atomic mass is 10.2. The topological polar surface area (TPSA) is 49.9 Å². The summed E-state index contributed by atoms with van der Waals surface area (Å²) < 4.78 is 5.33. The number of carbonyl (C=O) groups excluding carboxylic acids is 2. The fourth-order valence-electron chi connectivity index (χ4n) is 1.76. The Morgan fingerprint density at radius 2 is 1.67 bits per heavy atom. The van der Waals surface area contributed by atoms with E-state index >= 15 is 0 Å². The Bertz CT molecular complexity index is 315. The van der Waals surface area contributed by atoms with Crippen LogP contribution in [0.25, 0.3) is 0 Å². The number of alkyl halides is 1. The number of halogens is 1. The Labute approximate surface area is 117 Å². The van der Waals surface area contributed by atoms with Crippen LogP contribution in [0.3, 0.4) is 0 Å². The second kappa shape index (κ2) is 6.41. The Morgan fingerprint density at radius 3 is 2.22 bits per heavy atom. The maximum atomic E-state index is 11.9. The third kappa shape index (κ3) is 4.84. The van der Waals surface area contributed by atoms with E-state index in [4.69, 9.17) is 4.74 Å². The van der Waals surface area contributed by atoms with Crippen molar-refractivity contribution in [3.63, 3.8) is 0 Å². The molecular weight excluding hydrogens is 300 g/mol. The van der Waals surface area contributed by atoms with Crippen LogP contribution in [-0.4, -0.2) is 58.9 Å². The van der Waals surface area contributed by atoms with Crippen LogP contribution in [0.15, 0.2) is 0 Å². The molecule has 1 rings (SSSR count). The molecule has 1 aliphatic rings. The molecule has 2 amide bonds. The zero-order chi connectivity index (χ0) is 13.8. The van der Waals surface area contributed by atoms with Crippen molar-refractivity contribution in [2.24, 2.45) is 0 Å². The molecule has 104 valence electrons. The van der Waals surface area contributed by atoms with Crippen molar-refractivity contribution in [2.75, 3.05) is 31.5 Å². The molecule has 1 heterocycles. The number of rotatable bonds is 1. The van der Waals surface area contributed by atoms with Crippen LogP contribution >= 0.6 is 15.9 Å². The summed E-state index contributed by atoms with van der Waals surface area (Å²) in [6, 6.07) is 0. The fraction of sp³-hybridized carbons (Fsp3) is 0.833. The summed E-state index contributed by atoms with van der Waals surface area (Å²) in [5.74, 6) is 0.0704. The van der Waals surface area contributed by atoms with Gasteiger partial charge in [0.25, 0.3) is 0 Å². The van der Waals surface area contributed by atoms with E-state index in [1.807, 2.05) is 20.8 Å². The van der Waals surface area contributed by atoms with Crippen molar-refractivity contribution in [2.45, 2.75) is 32.8 Å². The molecule has 0 aromatic rings. The summed E-state index contributed by atoms with van der Waals surface area (Å²) >= 11 is 3.16. The predicted molar refractivity (Wildman–Crippen MR) is 72.8 cm³/mol. The molecule has 18 heavy (non-hydrogen) atoms. The van der Waals surface area contributed by atoms with Gasteiger partial charge in [0, 0.05) is 26.2 Å². The highest BCUT2D eigenvalue weighted by atomic mass is 79.9. The van der Waals surface area contributed by atoms with E-state index in [-0.39, 0.29) is 12.0 Å². The molecule has 0 spiro atoms. The van der Waals surface area contributed by atoms with Crippen LogP contribution in [0.2, 0.25) is 0 Å². The lowest BCUT2D eigenvalue weighted by molar-refractivity contribution is -0.128. The highest BCUT2D eigenvalue weighted by Gasteiger charge is 2.25. The van der Waals surface area contributed by atoms with Crippen LogP contribution in [0, 0.1) is 0 Å². The molecule has 0 bridgehead atoms. The van der Waals surface area contributed by atoms with Crippen LogP contribution < -0.4 is 0 Å². The molecule has 0 N–H and O–H groups in total. The van der Waals surface area contributed by atoms with Gasteiger partial charge >= 0.3 is 6.09 Å². The van der Waals surface area contributed by atoms with Gasteiger partial charge in [-0.2, -0.15) is 0 Å². The van der Waals surface area contributed by atoms with Gasteiger partial charge in [0.05, 0.1) is 5.33 Å². The molecule has 0 radical (unpaired) electrons. The Hall–Kier alpha value is -0.780.